The van der Waals surface area contributed by atoms with E-state index >= 15 is 0 Å². The summed E-state index contributed by atoms with van der Waals surface area (Å²) in [5.41, 5.74) is 3.95. The van der Waals surface area contributed by atoms with Crippen molar-refractivity contribution in [2.75, 3.05) is 13.7 Å². The van der Waals surface area contributed by atoms with E-state index < -0.39 is 11.9 Å². The molecule has 0 unspecified atom stereocenters. The van der Waals surface area contributed by atoms with Crippen LogP contribution in [0.2, 0.25) is 0 Å². The lowest BCUT2D eigenvalue weighted by atomic mass is 10.1. The van der Waals surface area contributed by atoms with Crippen molar-refractivity contribution < 1.29 is 23.8 Å². The van der Waals surface area contributed by atoms with Crippen LogP contribution in [0.4, 0.5) is 0 Å². The largest absolute Gasteiger partial charge is 0.493 e. The monoisotopic (exact) mass is 480 g/mol. The Bertz CT molecular complexity index is 1410. The highest BCUT2D eigenvalue weighted by Crippen LogP contribution is 2.28. The van der Waals surface area contributed by atoms with E-state index in [1.807, 2.05) is 72.8 Å². The molecule has 4 rings (SSSR count). The summed E-state index contributed by atoms with van der Waals surface area (Å²) in [5.74, 6) is 0.289. The van der Waals surface area contributed by atoms with Crippen LogP contribution in [-0.2, 0) is 9.59 Å². The number of methoxy groups -OCH3 is 1. The van der Waals surface area contributed by atoms with E-state index in [1.54, 1.807) is 24.3 Å². The summed E-state index contributed by atoms with van der Waals surface area (Å²) in [6.45, 7) is -0.176. The van der Waals surface area contributed by atoms with Gasteiger partial charge in [-0.25, -0.2) is 10.2 Å². The molecule has 1 N–H and O–H groups in total. The molecule has 0 atom stereocenters. The molecular formula is C29H24N2O5. The smallest absolute Gasteiger partial charge is 0.336 e. The summed E-state index contributed by atoms with van der Waals surface area (Å²) in [5, 5.41) is 6.08. The second-order valence-electron chi connectivity index (χ2n) is 7.67. The number of hydrogen-bond acceptors (Lipinski definition) is 6. The standard InChI is InChI=1S/C29H24N2O5/c1-34-27-17-22(11-15-26(27)36-29(33)16-12-21-7-3-2-4-8-21)19-30-31-28(32)20-35-25-14-13-23-9-5-6-10-24(23)18-25/h2-19H,20H2,1H3,(H,31,32). The Labute approximate surface area is 208 Å². The van der Waals surface area contributed by atoms with Crippen LogP contribution in [0.25, 0.3) is 16.8 Å². The summed E-state index contributed by atoms with van der Waals surface area (Å²) >= 11 is 0. The number of fused-ring (bicyclic) bond motifs is 1. The molecular weight excluding hydrogens is 456 g/mol. The van der Waals surface area contributed by atoms with E-state index in [1.165, 1.54) is 19.4 Å². The fraction of sp³-hybridized carbons (Fsp3) is 0.0690. The zero-order valence-electron chi connectivity index (χ0n) is 19.6. The highest BCUT2D eigenvalue weighted by atomic mass is 16.6. The van der Waals surface area contributed by atoms with Gasteiger partial charge in [0.25, 0.3) is 5.91 Å². The van der Waals surface area contributed by atoms with Crippen LogP contribution in [-0.4, -0.2) is 31.8 Å². The first-order valence-corrected chi connectivity index (χ1v) is 11.2. The Kier molecular flexibility index (Phi) is 8.07. The predicted molar refractivity (Wildman–Crippen MR) is 139 cm³/mol. The van der Waals surface area contributed by atoms with Gasteiger partial charge in [0, 0.05) is 6.08 Å². The Morgan fingerprint density at radius 1 is 0.833 bits per heavy atom. The Balaban J connectivity index is 1.29. The number of hydrazone groups is 1. The second-order valence-corrected chi connectivity index (χ2v) is 7.67. The number of amides is 1. The Morgan fingerprint density at radius 2 is 1.61 bits per heavy atom. The summed E-state index contributed by atoms with van der Waals surface area (Å²) in [6.07, 6.45) is 4.47. The van der Waals surface area contributed by atoms with Gasteiger partial charge in [0.15, 0.2) is 18.1 Å². The van der Waals surface area contributed by atoms with Crippen LogP contribution in [0.3, 0.4) is 0 Å². The van der Waals surface area contributed by atoms with Gasteiger partial charge in [-0.15, -0.1) is 0 Å². The minimum absolute atomic E-state index is 0.176. The molecule has 0 aliphatic rings. The molecule has 0 radical (unpaired) electrons. The summed E-state index contributed by atoms with van der Waals surface area (Å²) in [7, 11) is 1.47. The first-order valence-electron chi connectivity index (χ1n) is 11.2. The first kappa shape index (κ1) is 24.2. The average molecular weight is 481 g/mol. The average Bonchev–Trinajstić information content (AvgIpc) is 2.92. The first-order chi connectivity index (χ1) is 17.6. The minimum Gasteiger partial charge on any atom is -0.493 e. The fourth-order valence-electron chi connectivity index (χ4n) is 3.34. The van der Waals surface area contributed by atoms with Crippen LogP contribution in [0.15, 0.2) is 102 Å². The highest BCUT2D eigenvalue weighted by Gasteiger charge is 2.09. The third kappa shape index (κ3) is 6.80. The molecule has 0 saturated carbocycles. The lowest BCUT2D eigenvalue weighted by Gasteiger charge is -2.08. The van der Waals surface area contributed by atoms with E-state index in [0.29, 0.717) is 17.1 Å². The molecule has 4 aromatic rings. The molecule has 7 nitrogen and oxygen atoms in total. The zero-order chi connectivity index (χ0) is 25.2. The van der Waals surface area contributed by atoms with Crippen molar-refractivity contribution in [2.24, 2.45) is 5.10 Å². The van der Waals surface area contributed by atoms with E-state index in [2.05, 4.69) is 10.5 Å². The van der Waals surface area contributed by atoms with Gasteiger partial charge in [-0.05, 0) is 58.3 Å². The molecule has 0 aliphatic heterocycles. The van der Waals surface area contributed by atoms with E-state index in [9.17, 15) is 9.59 Å². The molecule has 36 heavy (non-hydrogen) atoms. The minimum atomic E-state index is -0.530. The molecule has 180 valence electrons. The topological polar surface area (TPSA) is 86.2 Å². The zero-order valence-corrected chi connectivity index (χ0v) is 19.6. The maximum absolute atomic E-state index is 12.2. The molecule has 0 aromatic heterocycles. The molecule has 0 fully saturated rings. The summed E-state index contributed by atoms with van der Waals surface area (Å²) in [4.78, 5) is 24.3. The SMILES string of the molecule is COc1cc(C=NNC(=O)COc2ccc3ccccc3c2)ccc1OC(=O)C=Cc1ccccc1. The van der Waals surface area contributed by atoms with Gasteiger partial charge >= 0.3 is 5.97 Å². The fourth-order valence-corrected chi connectivity index (χ4v) is 3.34. The molecule has 0 aliphatic carbocycles. The Morgan fingerprint density at radius 3 is 2.42 bits per heavy atom. The summed E-state index contributed by atoms with van der Waals surface area (Å²) in [6, 6.07) is 27.9. The third-order valence-corrected chi connectivity index (χ3v) is 5.10. The summed E-state index contributed by atoms with van der Waals surface area (Å²) < 4.78 is 16.3. The molecule has 7 heteroatoms. The predicted octanol–water partition coefficient (Wildman–Crippen LogP) is 5.00. The van der Waals surface area contributed by atoms with Crippen LogP contribution >= 0.6 is 0 Å². The molecule has 0 bridgehead atoms. The van der Waals surface area contributed by atoms with Gasteiger partial charge in [-0.1, -0.05) is 60.7 Å². The number of carbonyl (C=O) groups is 2. The maximum Gasteiger partial charge on any atom is 0.336 e. The quantitative estimate of drug-likeness (QED) is 0.120. The number of nitrogens with zero attached hydrogens (tertiary/aromatic N) is 1. The van der Waals surface area contributed by atoms with Crippen LogP contribution in [0, 0.1) is 0 Å². The molecule has 0 saturated heterocycles. The van der Waals surface area contributed by atoms with Gasteiger partial charge < -0.3 is 14.2 Å². The van der Waals surface area contributed by atoms with Gasteiger partial charge in [0.1, 0.15) is 5.75 Å². The van der Waals surface area contributed by atoms with Crippen molar-refractivity contribution in [3.05, 3.63) is 108 Å². The Hall–Kier alpha value is -4.91. The molecule has 4 aromatic carbocycles. The van der Waals surface area contributed by atoms with Gasteiger partial charge in [-0.2, -0.15) is 5.10 Å². The van der Waals surface area contributed by atoms with E-state index in [-0.39, 0.29) is 12.4 Å². The normalized spacial score (nSPS) is 11.0. The number of carbonyl (C=O) groups excluding carboxylic acids is 2. The van der Waals surface area contributed by atoms with E-state index in [4.69, 9.17) is 14.2 Å². The number of nitrogens with one attached hydrogen (secondary N) is 1. The number of benzene rings is 4. The molecule has 0 heterocycles. The van der Waals surface area contributed by atoms with Crippen LogP contribution < -0.4 is 19.6 Å². The van der Waals surface area contributed by atoms with Crippen LogP contribution in [0.5, 0.6) is 17.2 Å². The molecule has 1 amide bonds. The second kappa shape index (κ2) is 12.0. The van der Waals surface area contributed by atoms with Gasteiger partial charge in [0.2, 0.25) is 0 Å². The molecule has 0 spiro atoms. The van der Waals surface area contributed by atoms with Crippen LogP contribution in [0.1, 0.15) is 11.1 Å². The van der Waals surface area contributed by atoms with E-state index in [0.717, 1.165) is 16.3 Å². The number of esters is 1. The highest BCUT2D eigenvalue weighted by molar-refractivity contribution is 5.89. The van der Waals surface area contributed by atoms with Gasteiger partial charge in [0.05, 0.1) is 13.3 Å². The van der Waals surface area contributed by atoms with Crippen molar-refractivity contribution in [1.29, 1.82) is 0 Å². The maximum atomic E-state index is 12.2. The van der Waals surface area contributed by atoms with Crippen molar-refractivity contribution in [2.45, 2.75) is 0 Å². The van der Waals surface area contributed by atoms with Crippen molar-refractivity contribution in [3.8, 4) is 17.2 Å². The third-order valence-electron chi connectivity index (χ3n) is 5.10. The van der Waals surface area contributed by atoms with Crippen molar-refractivity contribution in [3.63, 3.8) is 0 Å². The number of ether oxygens (including phenoxy) is 3. The lowest BCUT2D eigenvalue weighted by Crippen LogP contribution is -2.24. The number of hydrogen-bond donors (Lipinski definition) is 1. The lowest BCUT2D eigenvalue weighted by molar-refractivity contribution is -0.129. The van der Waals surface area contributed by atoms with Crippen molar-refractivity contribution in [1.82, 2.24) is 5.43 Å². The van der Waals surface area contributed by atoms with Gasteiger partial charge in [-0.3, -0.25) is 4.79 Å². The van der Waals surface area contributed by atoms with Crippen molar-refractivity contribution >= 4 is 34.9 Å². The number of rotatable bonds is 9.